The van der Waals surface area contributed by atoms with Crippen molar-refractivity contribution in [2.24, 2.45) is 5.73 Å². The number of benzene rings is 1. The first kappa shape index (κ1) is 18.1. The molecule has 0 unspecified atom stereocenters. The van der Waals surface area contributed by atoms with E-state index in [1.54, 1.807) is 36.5 Å². The van der Waals surface area contributed by atoms with E-state index in [1.807, 2.05) is 23.8 Å². The molecular weight excluding hydrogens is 368 g/mol. The van der Waals surface area contributed by atoms with Crippen LogP contribution in [0.25, 0.3) is 10.7 Å². The molecule has 132 valence electrons. The average Bonchev–Trinajstić information content (AvgIpc) is 3.15. The van der Waals surface area contributed by atoms with E-state index in [2.05, 4.69) is 15.3 Å². The Morgan fingerprint density at radius 1 is 1.19 bits per heavy atom. The zero-order valence-electron chi connectivity index (χ0n) is 14.1. The number of thioether (sulfide) groups is 1. The number of carbonyl (C=O) groups excluding carboxylic acids is 2. The second-order valence-electron chi connectivity index (χ2n) is 5.39. The van der Waals surface area contributed by atoms with Crippen molar-refractivity contribution in [1.82, 2.24) is 9.97 Å². The Kier molecular flexibility index (Phi) is 5.34. The molecule has 0 fully saturated rings. The van der Waals surface area contributed by atoms with Crippen LogP contribution in [-0.4, -0.2) is 28.0 Å². The number of nitrogens with zero attached hydrogens (tertiary/aromatic N) is 2. The summed E-state index contributed by atoms with van der Waals surface area (Å²) >= 11 is 2.93. The van der Waals surface area contributed by atoms with Gasteiger partial charge in [0, 0.05) is 11.3 Å². The zero-order chi connectivity index (χ0) is 18.7. The number of thiophene rings is 1. The molecule has 0 aliphatic rings. The van der Waals surface area contributed by atoms with Crippen molar-refractivity contribution < 1.29 is 9.59 Å². The van der Waals surface area contributed by atoms with E-state index in [1.165, 1.54) is 17.8 Å². The molecule has 0 bridgehead atoms. The quantitative estimate of drug-likeness (QED) is 0.517. The molecule has 2 aromatic heterocycles. The molecule has 8 heteroatoms. The summed E-state index contributed by atoms with van der Waals surface area (Å²) in [7, 11) is 0. The van der Waals surface area contributed by atoms with Gasteiger partial charge in [0.2, 0.25) is 5.91 Å². The van der Waals surface area contributed by atoms with Crippen LogP contribution in [0.3, 0.4) is 0 Å². The van der Waals surface area contributed by atoms with Crippen molar-refractivity contribution in [3.05, 3.63) is 58.6 Å². The van der Waals surface area contributed by atoms with Crippen molar-refractivity contribution in [1.29, 1.82) is 0 Å². The molecular formula is C18H16N4O2S2. The third kappa shape index (κ3) is 3.76. The van der Waals surface area contributed by atoms with Crippen LogP contribution in [0.4, 0.5) is 5.69 Å². The third-order valence-corrected chi connectivity index (χ3v) is 5.17. The molecule has 0 saturated carbocycles. The first-order chi connectivity index (χ1) is 12.5. The maximum absolute atomic E-state index is 12.8. The number of hydrogen-bond acceptors (Lipinski definition) is 6. The minimum atomic E-state index is -0.550. The van der Waals surface area contributed by atoms with Gasteiger partial charge in [-0.15, -0.1) is 23.1 Å². The van der Waals surface area contributed by atoms with E-state index in [9.17, 15) is 9.59 Å². The molecule has 3 aromatic rings. The van der Waals surface area contributed by atoms with Gasteiger partial charge in [0.1, 0.15) is 5.03 Å². The standard InChI is InChI=1S/C18H16N4O2S2/c1-10-14(17(24)21-12-6-3-5-11(9-12)15(19)23)18(25-2)22-16(20-10)13-7-4-8-26-13/h3-9H,1-2H3,(H2,19,23)(H,21,24). The highest BCUT2D eigenvalue weighted by molar-refractivity contribution is 7.98. The van der Waals surface area contributed by atoms with Crippen LogP contribution in [0, 0.1) is 6.92 Å². The minimum absolute atomic E-state index is 0.328. The predicted molar refractivity (Wildman–Crippen MR) is 105 cm³/mol. The number of nitrogens with two attached hydrogens (primary N) is 1. The van der Waals surface area contributed by atoms with E-state index in [4.69, 9.17) is 5.73 Å². The van der Waals surface area contributed by atoms with Gasteiger partial charge >= 0.3 is 0 Å². The molecule has 3 N–H and O–H groups in total. The monoisotopic (exact) mass is 384 g/mol. The van der Waals surface area contributed by atoms with Crippen LogP contribution < -0.4 is 11.1 Å². The van der Waals surface area contributed by atoms with E-state index < -0.39 is 5.91 Å². The Morgan fingerprint density at radius 3 is 2.65 bits per heavy atom. The summed E-state index contributed by atoms with van der Waals surface area (Å²) in [6.07, 6.45) is 1.87. The van der Waals surface area contributed by atoms with Gasteiger partial charge in [-0.3, -0.25) is 9.59 Å². The maximum Gasteiger partial charge on any atom is 0.260 e. The number of aryl methyl sites for hydroxylation is 1. The van der Waals surface area contributed by atoms with Gasteiger partial charge in [0.05, 0.1) is 16.1 Å². The molecule has 0 spiro atoms. The van der Waals surface area contributed by atoms with E-state index >= 15 is 0 Å². The van der Waals surface area contributed by atoms with Crippen LogP contribution in [0.2, 0.25) is 0 Å². The van der Waals surface area contributed by atoms with Crippen LogP contribution in [0.15, 0.2) is 46.8 Å². The number of primary amides is 1. The fourth-order valence-electron chi connectivity index (χ4n) is 2.42. The van der Waals surface area contributed by atoms with Gasteiger partial charge in [-0.05, 0) is 42.8 Å². The van der Waals surface area contributed by atoms with Crippen molar-refractivity contribution in [3.63, 3.8) is 0 Å². The van der Waals surface area contributed by atoms with Gasteiger partial charge in [-0.2, -0.15) is 0 Å². The number of carbonyl (C=O) groups is 2. The van der Waals surface area contributed by atoms with Crippen LogP contribution in [-0.2, 0) is 0 Å². The van der Waals surface area contributed by atoms with Crippen molar-refractivity contribution in [2.75, 3.05) is 11.6 Å². The van der Waals surface area contributed by atoms with Crippen molar-refractivity contribution in [3.8, 4) is 10.7 Å². The predicted octanol–water partition coefficient (Wildman–Crippen LogP) is 3.59. The fourth-order valence-corrected chi connectivity index (χ4v) is 3.70. The topological polar surface area (TPSA) is 98.0 Å². The number of nitrogens with one attached hydrogen (secondary N) is 1. The van der Waals surface area contributed by atoms with Gasteiger partial charge in [0.15, 0.2) is 5.82 Å². The Balaban J connectivity index is 1.94. The number of rotatable bonds is 5. The highest BCUT2D eigenvalue weighted by Gasteiger charge is 2.19. The van der Waals surface area contributed by atoms with Gasteiger partial charge in [-0.25, -0.2) is 9.97 Å². The zero-order valence-corrected chi connectivity index (χ0v) is 15.8. The van der Waals surface area contributed by atoms with E-state index in [0.717, 1.165) is 4.88 Å². The number of amides is 2. The molecule has 0 saturated heterocycles. The van der Waals surface area contributed by atoms with Crippen molar-refractivity contribution in [2.45, 2.75) is 11.9 Å². The van der Waals surface area contributed by atoms with Crippen LogP contribution in [0.5, 0.6) is 0 Å². The lowest BCUT2D eigenvalue weighted by Crippen LogP contribution is -2.17. The number of hydrogen-bond donors (Lipinski definition) is 2. The summed E-state index contributed by atoms with van der Waals surface area (Å²) in [6.45, 7) is 1.78. The third-order valence-electron chi connectivity index (χ3n) is 3.62. The second kappa shape index (κ2) is 7.67. The molecule has 6 nitrogen and oxygen atoms in total. The molecule has 0 aliphatic carbocycles. The summed E-state index contributed by atoms with van der Waals surface area (Å²) < 4.78 is 0. The van der Waals surface area contributed by atoms with Gasteiger partial charge < -0.3 is 11.1 Å². The Bertz CT molecular complexity index is 971. The molecule has 26 heavy (non-hydrogen) atoms. The molecule has 0 radical (unpaired) electrons. The summed E-state index contributed by atoms with van der Waals surface area (Å²) in [6, 6.07) is 10.4. The largest absolute Gasteiger partial charge is 0.366 e. The lowest BCUT2D eigenvalue weighted by atomic mass is 10.1. The van der Waals surface area contributed by atoms with Crippen LogP contribution >= 0.6 is 23.1 Å². The minimum Gasteiger partial charge on any atom is -0.366 e. The molecule has 2 heterocycles. The maximum atomic E-state index is 12.8. The summed E-state index contributed by atoms with van der Waals surface area (Å²) in [5, 5.41) is 5.34. The SMILES string of the molecule is CSc1nc(-c2cccs2)nc(C)c1C(=O)Nc1cccc(C(N)=O)c1. The fraction of sp³-hybridized carbons (Fsp3) is 0.111. The Hall–Kier alpha value is -2.71. The first-order valence-corrected chi connectivity index (χ1v) is 9.77. The molecule has 3 rings (SSSR count). The Labute approximate surface area is 158 Å². The number of anilines is 1. The first-order valence-electron chi connectivity index (χ1n) is 7.67. The molecule has 2 amide bonds. The summed E-state index contributed by atoms with van der Waals surface area (Å²) in [5.74, 6) is -0.272. The lowest BCUT2D eigenvalue weighted by molar-refractivity contribution is 0.0995. The Morgan fingerprint density at radius 2 is 2.00 bits per heavy atom. The highest BCUT2D eigenvalue weighted by atomic mass is 32.2. The summed E-state index contributed by atoms with van der Waals surface area (Å²) in [5.41, 5.74) is 7.11. The van der Waals surface area contributed by atoms with Gasteiger partial charge in [-0.1, -0.05) is 12.1 Å². The molecule has 1 aromatic carbocycles. The highest BCUT2D eigenvalue weighted by Crippen LogP contribution is 2.27. The lowest BCUT2D eigenvalue weighted by Gasteiger charge is -2.12. The smallest absolute Gasteiger partial charge is 0.260 e. The average molecular weight is 384 g/mol. The normalized spacial score (nSPS) is 10.5. The second-order valence-corrected chi connectivity index (χ2v) is 7.14. The van der Waals surface area contributed by atoms with Crippen molar-refractivity contribution >= 4 is 40.6 Å². The number of aromatic nitrogens is 2. The van der Waals surface area contributed by atoms with Gasteiger partial charge in [0.25, 0.3) is 5.91 Å². The van der Waals surface area contributed by atoms with E-state index in [-0.39, 0.29) is 5.91 Å². The molecule has 0 atom stereocenters. The van der Waals surface area contributed by atoms with E-state index in [0.29, 0.717) is 33.4 Å². The summed E-state index contributed by atoms with van der Waals surface area (Å²) in [4.78, 5) is 34.0. The van der Waals surface area contributed by atoms with Crippen LogP contribution in [0.1, 0.15) is 26.4 Å². The molecule has 0 aliphatic heterocycles.